The summed E-state index contributed by atoms with van der Waals surface area (Å²) in [4.78, 5) is 13.2. The van der Waals surface area contributed by atoms with Gasteiger partial charge in [-0.15, -0.1) is 4.33 Å². The van der Waals surface area contributed by atoms with E-state index in [1.165, 1.54) is 50.6 Å². The number of ether oxygens (including phenoxy) is 4. The quantitative estimate of drug-likeness (QED) is 0.0833. The monoisotopic (exact) mass is 476 g/mol. The number of carbonyl (C=O) groups excluding carboxylic acids is 1. The van der Waals surface area contributed by atoms with Gasteiger partial charge in [0.15, 0.2) is 5.94 Å². The fourth-order valence-electron chi connectivity index (χ4n) is 2.57. The van der Waals surface area contributed by atoms with E-state index in [4.69, 9.17) is 28.8 Å². The maximum atomic E-state index is 13.2. The summed E-state index contributed by atoms with van der Waals surface area (Å²) in [5, 5.41) is 11.5. The van der Waals surface area contributed by atoms with E-state index in [0.717, 1.165) is 0 Å². The molecule has 13 heteroatoms. The topological polar surface area (TPSA) is 147 Å². The van der Waals surface area contributed by atoms with Gasteiger partial charge in [-0.1, -0.05) is 5.04 Å². The highest BCUT2D eigenvalue weighted by Gasteiger charge is 2.41. The summed E-state index contributed by atoms with van der Waals surface area (Å²) >= 11 is 0.714. The lowest BCUT2D eigenvalue weighted by Gasteiger charge is -2.30. The average molecular weight is 476 g/mol. The third-order valence-corrected chi connectivity index (χ3v) is 4.74. The molecule has 0 spiro atoms. The molecule has 0 amide bonds. The zero-order valence-electron chi connectivity index (χ0n) is 16.4. The van der Waals surface area contributed by atoms with E-state index in [0.29, 0.717) is 23.4 Å². The number of methoxy groups -OCH3 is 2. The number of Topliss-reactive ketones (excluding diaryl/α,β-unsaturated/α-hetero) is 1. The summed E-state index contributed by atoms with van der Waals surface area (Å²) in [5.41, 5.74) is 0.602. The Kier molecular flexibility index (Phi) is 9.21. The maximum Gasteiger partial charge on any atom is 0.300 e. The molecule has 0 radical (unpaired) electrons. The predicted octanol–water partition coefficient (Wildman–Crippen LogP) is 2.64. The summed E-state index contributed by atoms with van der Waals surface area (Å²) in [5.74, 6) is -2.55. The Balaban J connectivity index is 2.18. The van der Waals surface area contributed by atoms with Crippen LogP contribution in [0.1, 0.15) is 15.9 Å². The molecule has 11 nitrogen and oxygen atoms in total. The number of carbonyl (C=O) groups is 1. The van der Waals surface area contributed by atoms with Crippen molar-refractivity contribution in [1.82, 2.24) is 0 Å². The van der Waals surface area contributed by atoms with Gasteiger partial charge in [0.1, 0.15) is 11.5 Å². The fourth-order valence-corrected chi connectivity index (χ4v) is 3.13. The molecule has 0 aliphatic rings. The van der Waals surface area contributed by atoms with Crippen LogP contribution in [0.15, 0.2) is 48.5 Å². The van der Waals surface area contributed by atoms with Crippen LogP contribution in [0, 0.1) is 0 Å². The highest BCUT2D eigenvalue weighted by molar-refractivity contribution is 7.94. The van der Waals surface area contributed by atoms with E-state index >= 15 is 0 Å². The van der Waals surface area contributed by atoms with Gasteiger partial charge in [0.25, 0.3) is 5.79 Å². The van der Waals surface area contributed by atoms with Crippen molar-refractivity contribution >= 4 is 27.9 Å². The smallest absolute Gasteiger partial charge is 0.300 e. The van der Waals surface area contributed by atoms with Crippen molar-refractivity contribution in [2.24, 2.45) is 0 Å². The Morgan fingerprint density at radius 1 is 0.968 bits per heavy atom. The molecule has 170 valence electrons. The van der Waals surface area contributed by atoms with E-state index in [1.54, 1.807) is 12.1 Å². The minimum absolute atomic E-state index is 0.0277. The van der Waals surface area contributed by atoms with Gasteiger partial charge in [0, 0.05) is 25.3 Å². The molecule has 0 fully saturated rings. The Morgan fingerprint density at radius 3 is 2.03 bits per heavy atom. The van der Waals surface area contributed by atoms with Crippen LogP contribution >= 0.6 is 12.0 Å². The molecule has 2 rings (SSSR count). The lowest BCUT2D eigenvalue weighted by molar-refractivity contribution is -0.432. The Labute approximate surface area is 182 Å². The summed E-state index contributed by atoms with van der Waals surface area (Å²) in [6.07, 6.45) is 0. The normalized spacial score (nSPS) is 11.9. The van der Waals surface area contributed by atoms with Crippen LogP contribution in [0.5, 0.6) is 11.5 Å². The molecule has 0 aliphatic carbocycles. The van der Waals surface area contributed by atoms with Crippen LogP contribution in [-0.4, -0.2) is 50.1 Å². The first-order valence-corrected chi connectivity index (χ1v) is 10.9. The summed E-state index contributed by atoms with van der Waals surface area (Å²) < 4.78 is 55.7. The lowest BCUT2D eigenvalue weighted by atomic mass is 9.95. The zero-order valence-corrected chi connectivity index (χ0v) is 18.1. The van der Waals surface area contributed by atoms with Gasteiger partial charge in [-0.3, -0.25) is 9.35 Å². The van der Waals surface area contributed by atoms with Crippen molar-refractivity contribution in [2.75, 3.05) is 26.1 Å². The third kappa shape index (κ3) is 6.88. The van der Waals surface area contributed by atoms with Crippen LogP contribution in [0.25, 0.3) is 0 Å². The molecule has 0 unspecified atom stereocenters. The molecule has 0 aliphatic heterocycles. The van der Waals surface area contributed by atoms with Crippen molar-refractivity contribution in [3.8, 4) is 11.5 Å². The van der Waals surface area contributed by atoms with Crippen molar-refractivity contribution in [3.05, 3.63) is 59.7 Å². The van der Waals surface area contributed by atoms with E-state index in [-0.39, 0.29) is 17.3 Å². The van der Waals surface area contributed by atoms with Crippen molar-refractivity contribution in [3.63, 3.8) is 0 Å². The minimum Gasteiger partial charge on any atom is -0.481 e. The summed E-state index contributed by atoms with van der Waals surface area (Å²) in [7, 11) is -1.68. The zero-order chi connectivity index (χ0) is 22.9. The second-order valence-corrected chi connectivity index (χ2v) is 7.78. The van der Waals surface area contributed by atoms with Gasteiger partial charge < -0.3 is 18.9 Å². The van der Waals surface area contributed by atoms with Gasteiger partial charge in [-0.05, 0) is 48.5 Å². The van der Waals surface area contributed by atoms with Gasteiger partial charge in [0.05, 0.1) is 12.0 Å². The molecule has 0 bridgehead atoms. The van der Waals surface area contributed by atoms with Gasteiger partial charge in [-0.25, -0.2) is 5.26 Å². The van der Waals surface area contributed by atoms with Gasteiger partial charge >= 0.3 is 10.1 Å². The lowest BCUT2D eigenvalue weighted by Crippen LogP contribution is -2.40. The van der Waals surface area contributed by atoms with Crippen molar-refractivity contribution in [1.29, 1.82) is 0 Å². The van der Waals surface area contributed by atoms with Crippen LogP contribution in [0.3, 0.4) is 0 Å². The van der Waals surface area contributed by atoms with Crippen LogP contribution in [0.2, 0.25) is 0 Å². The summed E-state index contributed by atoms with van der Waals surface area (Å²) in [6, 6.07) is 11.9. The van der Waals surface area contributed by atoms with E-state index in [1.807, 2.05) is 0 Å². The molecule has 2 aromatic rings. The van der Waals surface area contributed by atoms with E-state index in [9.17, 15) is 13.2 Å². The number of ketones is 1. The first kappa shape index (κ1) is 25.0. The molecule has 0 saturated carbocycles. The van der Waals surface area contributed by atoms with Crippen LogP contribution in [0.4, 0.5) is 0 Å². The highest BCUT2D eigenvalue weighted by atomic mass is 32.2. The molecule has 0 saturated heterocycles. The minimum atomic E-state index is -4.29. The molecule has 0 aromatic heterocycles. The predicted molar refractivity (Wildman–Crippen MR) is 108 cm³/mol. The number of hydrogen-bond donors (Lipinski definition) is 2. The number of benzene rings is 2. The largest absolute Gasteiger partial charge is 0.481 e. The second kappa shape index (κ2) is 11.4. The standard InChI is InChI=1S/C18H20O11S2/c1-24-18(25-2,14-5-9-16(10-6-14)27-12-31(21,22)23)17(19)13-3-7-15(8-4-13)26-11-30-29-28-20/h3-10,20H,11-12H2,1-2H3,(H,21,22,23). The number of rotatable bonds is 13. The average Bonchev–Trinajstić information content (AvgIpc) is 2.77. The molecule has 0 atom stereocenters. The Hall–Kier alpha value is -2.23. The highest BCUT2D eigenvalue weighted by Crippen LogP contribution is 2.32. The van der Waals surface area contributed by atoms with Crippen LogP contribution in [-0.2, 0) is 34.8 Å². The van der Waals surface area contributed by atoms with Gasteiger partial charge in [-0.2, -0.15) is 8.42 Å². The fraction of sp³-hybridized carbons (Fsp3) is 0.278. The third-order valence-electron chi connectivity index (χ3n) is 3.95. The first-order chi connectivity index (χ1) is 14.8. The SMILES string of the molecule is COC(OC)(C(=O)c1ccc(OCSOOO)cc1)c1ccc(OCS(=O)(=O)O)cc1. The Morgan fingerprint density at radius 2 is 1.52 bits per heavy atom. The maximum absolute atomic E-state index is 13.2. The van der Waals surface area contributed by atoms with Crippen molar-refractivity contribution < 1.29 is 51.3 Å². The van der Waals surface area contributed by atoms with Crippen LogP contribution < -0.4 is 9.47 Å². The molecule has 2 N–H and O–H groups in total. The van der Waals surface area contributed by atoms with E-state index < -0.39 is 27.6 Å². The molecular weight excluding hydrogens is 456 g/mol. The second-order valence-electron chi connectivity index (χ2n) is 5.77. The Bertz CT molecular complexity index is 939. The first-order valence-electron chi connectivity index (χ1n) is 8.42. The molecule has 31 heavy (non-hydrogen) atoms. The summed E-state index contributed by atoms with van der Waals surface area (Å²) in [6.45, 7) is 0. The van der Waals surface area contributed by atoms with Crippen molar-refractivity contribution in [2.45, 2.75) is 5.79 Å². The molecular formula is C18H20O11S2. The number of hydrogen-bond acceptors (Lipinski definition) is 11. The van der Waals surface area contributed by atoms with Gasteiger partial charge in [0.2, 0.25) is 11.7 Å². The molecule has 2 aromatic carbocycles. The molecule has 0 heterocycles. The van der Waals surface area contributed by atoms with E-state index in [2.05, 4.69) is 9.37 Å².